The van der Waals surface area contributed by atoms with Crippen molar-refractivity contribution in [1.82, 2.24) is 14.5 Å². The first-order valence-corrected chi connectivity index (χ1v) is 8.77. The molecule has 0 saturated carbocycles. The summed E-state index contributed by atoms with van der Waals surface area (Å²) in [5.74, 6) is 0.911. The van der Waals surface area contributed by atoms with Gasteiger partial charge in [0.15, 0.2) is 0 Å². The Morgan fingerprint density at radius 2 is 2.09 bits per heavy atom. The fourth-order valence-corrected chi connectivity index (χ4v) is 3.99. The van der Waals surface area contributed by atoms with Crippen LogP contribution in [0.4, 0.5) is 0 Å². The summed E-state index contributed by atoms with van der Waals surface area (Å²) in [6.07, 6.45) is 1.93. The molecule has 23 heavy (non-hydrogen) atoms. The molecule has 1 aliphatic rings. The minimum absolute atomic E-state index is 0.0830. The summed E-state index contributed by atoms with van der Waals surface area (Å²) in [5.41, 5.74) is 3.07. The van der Waals surface area contributed by atoms with Crippen LogP contribution in [0.1, 0.15) is 31.8 Å². The quantitative estimate of drug-likeness (QED) is 0.684. The summed E-state index contributed by atoms with van der Waals surface area (Å²) in [6.45, 7) is 7.16. The van der Waals surface area contributed by atoms with Crippen LogP contribution in [0.2, 0.25) is 0 Å². The minimum Gasteiger partial charge on any atom is -0.296 e. The third kappa shape index (κ3) is 2.49. The highest BCUT2D eigenvalue weighted by atomic mass is 32.1. The monoisotopic (exact) mass is 325 g/mol. The molecule has 3 aromatic rings. The van der Waals surface area contributed by atoms with Gasteiger partial charge in [0.1, 0.15) is 10.8 Å². The lowest BCUT2D eigenvalue weighted by atomic mass is 9.85. The number of rotatable bonds is 1. The van der Waals surface area contributed by atoms with E-state index in [1.807, 2.05) is 35.1 Å². The second-order valence-corrected chi connectivity index (χ2v) is 7.97. The summed E-state index contributed by atoms with van der Waals surface area (Å²) < 4.78 is 1.86. The summed E-state index contributed by atoms with van der Waals surface area (Å²) in [5, 5.41) is 3.71. The number of benzene rings is 1. The van der Waals surface area contributed by atoms with Gasteiger partial charge in [0.2, 0.25) is 0 Å². The van der Waals surface area contributed by atoms with E-state index in [0.29, 0.717) is 5.39 Å². The third-order valence-corrected chi connectivity index (χ3v) is 5.52. The van der Waals surface area contributed by atoms with Crippen LogP contribution in [0.25, 0.3) is 21.5 Å². The van der Waals surface area contributed by atoms with Crippen molar-refractivity contribution in [1.29, 1.82) is 0 Å². The molecule has 0 amide bonds. The predicted molar refractivity (Wildman–Crippen MR) is 94.0 cm³/mol. The van der Waals surface area contributed by atoms with E-state index in [-0.39, 0.29) is 11.0 Å². The zero-order valence-electron chi connectivity index (χ0n) is 13.6. The summed E-state index contributed by atoms with van der Waals surface area (Å²) >= 11 is 1.62. The van der Waals surface area contributed by atoms with Crippen molar-refractivity contribution >= 4 is 22.2 Å². The number of hydrogen-bond donors (Lipinski definition) is 0. The maximum atomic E-state index is 12.8. The molecule has 0 fully saturated rings. The topological polar surface area (TPSA) is 47.8 Å². The molecular formula is C18H19N3OS. The first-order valence-electron chi connectivity index (χ1n) is 7.89. The van der Waals surface area contributed by atoms with Crippen LogP contribution in [0, 0.1) is 12.3 Å². The number of nitrogens with zero attached hydrogens (tertiary/aromatic N) is 3. The molecule has 118 valence electrons. The van der Waals surface area contributed by atoms with Crippen LogP contribution in [0.15, 0.2) is 28.4 Å². The van der Waals surface area contributed by atoms with E-state index in [0.717, 1.165) is 47.0 Å². The van der Waals surface area contributed by atoms with Gasteiger partial charge in [-0.15, -0.1) is 11.3 Å². The number of aromatic nitrogens is 3. The zero-order chi connectivity index (χ0) is 16.2. The van der Waals surface area contributed by atoms with Gasteiger partial charge in [-0.05, 0) is 30.9 Å². The van der Waals surface area contributed by atoms with Gasteiger partial charge in [0.25, 0.3) is 5.56 Å². The Balaban J connectivity index is 1.89. The Labute approximate surface area is 138 Å². The van der Waals surface area contributed by atoms with E-state index in [9.17, 15) is 4.79 Å². The molecule has 5 heteroatoms. The summed E-state index contributed by atoms with van der Waals surface area (Å²) in [7, 11) is 0. The fraction of sp³-hybridized carbons (Fsp3) is 0.389. The Bertz CT molecular complexity index is 968. The average molecular weight is 325 g/mol. The van der Waals surface area contributed by atoms with Crippen LogP contribution < -0.4 is 5.56 Å². The van der Waals surface area contributed by atoms with E-state index in [1.54, 1.807) is 11.3 Å². The van der Waals surface area contributed by atoms with Crippen LogP contribution in [-0.2, 0) is 13.0 Å². The average Bonchev–Trinajstić information content (AvgIpc) is 2.94. The molecule has 0 aliphatic carbocycles. The third-order valence-electron chi connectivity index (χ3n) is 4.51. The van der Waals surface area contributed by atoms with Gasteiger partial charge < -0.3 is 0 Å². The SMILES string of the molecule is Cc1csc(-c2ccc3c(=O)n4c(nc3c2)CCC(C)(C)C4)n1. The lowest BCUT2D eigenvalue weighted by Gasteiger charge is -2.31. The van der Waals surface area contributed by atoms with E-state index in [4.69, 9.17) is 4.98 Å². The highest BCUT2D eigenvalue weighted by molar-refractivity contribution is 7.13. The van der Waals surface area contributed by atoms with E-state index < -0.39 is 0 Å². The maximum Gasteiger partial charge on any atom is 0.261 e. The lowest BCUT2D eigenvalue weighted by Crippen LogP contribution is -2.36. The number of thiazole rings is 1. The van der Waals surface area contributed by atoms with E-state index in [2.05, 4.69) is 18.8 Å². The first-order chi connectivity index (χ1) is 10.9. The Hall–Kier alpha value is -2.01. The number of aryl methyl sites for hydroxylation is 2. The van der Waals surface area contributed by atoms with Crippen molar-refractivity contribution in [2.75, 3.05) is 0 Å². The normalized spacial score (nSPS) is 16.5. The number of hydrogen-bond acceptors (Lipinski definition) is 4. The smallest absolute Gasteiger partial charge is 0.261 e. The molecule has 4 nitrogen and oxygen atoms in total. The second-order valence-electron chi connectivity index (χ2n) is 7.11. The Morgan fingerprint density at radius 3 is 2.83 bits per heavy atom. The van der Waals surface area contributed by atoms with Crippen LogP contribution in [-0.4, -0.2) is 14.5 Å². The highest BCUT2D eigenvalue weighted by Gasteiger charge is 2.27. The Kier molecular flexibility index (Phi) is 3.17. The second kappa shape index (κ2) is 4.99. The molecule has 0 bridgehead atoms. The standard InChI is InChI=1S/C18H19N3OS/c1-11-9-23-16(19-11)12-4-5-13-14(8-12)20-15-6-7-18(2,3)10-21(15)17(13)22/h4-5,8-9H,6-7,10H2,1-3H3. The summed E-state index contributed by atoms with van der Waals surface area (Å²) in [4.78, 5) is 22.1. The molecule has 2 aromatic heterocycles. The van der Waals surface area contributed by atoms with Gasteiger partial charge in [-0.3, -0.25) is 9.36 Å². The molecule has 0 unspecified atom stereocenters. The molecule has 0 atom stereocenters. The minimum atomic E-state index is 0.0830. The number of fused-ring (bicyclic) bond motifs is 2. The fourth-order valence-electron chi connectivity index (χ4n) is 3.20. The maximum absolute atomic E-state index is 12.8. The molecule has 0 N–H and O–H groups in total. The van der Waals surface area contributed by atoms with Gasteiger partial charge in [-0.25, -0.2) is 9.97 Å². The van der Waals surface area contributed by atoms with Crippen LogP contribution in [0.5, 0.6) is 0 Å². The molecule has 0 radical (unpaired) electrons. The van der Waals surface area contributed by atoms with Gasteiger partial charge in [-0.2, -0.15) is 0 Å². The molecule has 3 heterocycles. The van der Waals surface area contributed by atoms with Crippen molar-refractivity contribution < 1.29 is 0 Å². The highest BCUT2D eigenvalue weighted by Crippen LogP contribution is 2.30. The molecule has 1 aromatic carbocycles. The first kappa shape index (κ1) is 14.6. The van der Waals surface area contributed by atoms with Crippen molar-refractivity contribution in [3.8, 4) is 10.6 Å². The molecule has 0 spiro atoms. The molecule has 1 aliphatic heterocycles. The van der Waals surface area contributed by atoms with Gasteiger partial charge >= 0.3 is 0 Å². The lowest BCUT2D eigenvalue weighted by molar-refractivity contribution is 0.240. The molecule has 0 saturated heterocycles. The molecule has 4 rings (SSSR count). The molecular weight excluding hydrogens is 306 g/mol. The largest absolute Gasteiger partial charge is 0.296 e. The zero-order valence-corrected chi connectivity index (χ0v) is 14.4. The van der Waals surface area contributed by atoms with Gasteiger partial charge in [0.05, 0.1) is 10.9 Å². The van der Waals surface area contributed by atoms with Crippen molar-refractivity contribution in [2.45, 2.75) is 40.2 Å². The van der Waals surface area contributed by atoms with Crippen molar-refractivity contribution in [2.24, 2.45) is 5.41 Å². The van der Waals surface area contributed by atoms with Crippen LogP contribution in [0.3, 0.4) is 0 Å². The Morgan fingerprint density at radius 1 is 1.26 bits per heavy atom. The van der Waals surface area contributed by atoms with E-state index in [1.165, 1.54) is 0 Å². The van der Waals surface area contributed by atoms with Crippen LogP contribution >= 0.6 is 11.3 Å². The summed E-state index contributed by atoms with van der Waals surface area (Å²) in [6, 6.07) is 5.87. The van der Waals surface area contributed by atoms with Gasteiger partial charge in [-0.1, -0.05) is 19.9 Å². The van der Waals surface area contributed by atoms with E-state index >= 15 is 0 Å². The van der Waals surface area contributed by atoms with Crippen molar-refractivity contribution in [3.63, 3.8) is 0 Å². The van der Waals surface area contributed by atoms with Gasteiger partial charge in [0, 0.05) is 29.6 Å². The predicted octanol–water partition coefficient (Wildman–Crippen LogP) is 3.80. The van der Waals surface area contributed by atoms with Crippen molar-refractivity contribution in [3.05, 3.63) is 45.5 Å².